The van der Waals surface area contributed by atoms with Crippen molar-refractivity contribution in [2.75, 3.05) is 0 Å². The molecular weight excluding hydrogens is 127 g/mol. The Morgan fingerprint density at radius 2 is 2.11 bits per heavy atom. The molecule has 9 heavy (non-hydrogen) atoms. The summed E-state index contributed by atoms with van der Waals surface area (Å²) >= 11 is 0. The Balaban J connectivity index is 1.90. The molecule has 0 aromatic rings. The maximum Gasteiger partial charge on any atom is 0.693 e. The Morgan fingerprint density at radius 3 is 2.56 bits per heavy atom. The summed E-state index contributed by atoms with van der Waals surface area (Å²) in [6.07, 6.45) is 1.92. The molecule has 52 valence electrons. The first-order valence-electron chi connectivity index (χ1n) is 2.63. The van der Waals surface area contributed by atoms with Crippen LogP contribution in [0.1, 0.15) is 12.8 Å². The van der Waals surface area contributed by atoms with Gasteiger partial charge in [-0.25, -0.2) is 14.5 Å². The SMILES string of the molecule is OOB(O)OOC1CC1. The van der Waals surface area contributed by atoms with Crippen molar-refractivity contribution < 1.29 is 24.8 Å². The van der Waals surface area contributed by atoms with Crippen LogP contribution in [0.5, 0.6) is 0 Å². The fraction of sp³-hybridized carbons (Fsp3) is 1.00. The highest BCUT2D eigenvalue weighted by Gasteiger charge is 2.27. The van der Waals surface area contributed by atoms with Crippen molar-refractivity contribution >= 4 is 7.32 Å². The lowest BCUT2D eigenvalue weighted by atomic mass is 10.3. The summed E-state index contributed by atoms with van der Waals surface area (Å²) in [5, 5.41) is 16.0. The topological polar surface area (TPSA) is 68.2 Å². The van der Waals surface area contributed by atoms with Crippen LogP contribution in [0.2, 0.25) is 0 Å². The monoisotopic (exact) mass is 134 g/mol. The van der Waals surface area contributed by atoms with E-state index in [1.807, 2.05) is 0 Å². The lowest BCUT2D eigenvalue weighted by molar-refractivity contribution is -0.283. The van der Waals surface area contributed by atoms with E-state index < -0.39 is 7.32 Å². The second kappa shape index (κ2) is 3.14. The lowest BCUT2D eigenvalue weighted by Gasteiger charge is -2.00. The Hall–Kier alpha value is -0.135. The Kier molecular flexibility index (Phi) is 2.43. The quantitative estimate of drug-likeness (QED) is 0.310. The van der Waals surface area contributed by atoms with Gasteiger partial charge in [-0.2, -0.15) is 0 Å². The Morgan fingerprint density at radius 1 is 1.44 bits per heavy atom. The zero-order valence-electron chi connectivity index (χ0n) is 4.69. The van der Waals surface area contributed by atoms with E-state index in [1.54, 1.807) is 0 Å². The molecule has 1 fully saturated rings. The molecule has 0 unspecified atom stereocenters. The van der Waals surface area contributed by atoms with Crippen molar-refractivity contribution in [3.05, 3.63) is 0 Å². The highest BCUT2D eigenvalue weighted by atomic mass is 17.3. The van der Waals surface area contributed by atoms with Crippen LogP contribution in [0.25, 0.3) is 0 Å². The maximum atomic E-state index is 8.32. The molecule has 0 atom stereocenters. The molecule has 0 aromatic carbocycles. The number of hydrogen-bond donors (Lipinski definition) is 2. The summed E-state index contributed by atoms with van der Waals surface area (Å²) in [7, 11) is -1.69. The van der Waals surface area contributed by atoms with Gasteiger partial charge in [0.1, 0.15) is 0 Å². The molecule has 1 saturated carbocycles. The van der Waals surface area contributed by atoms with Gasteiger partial charge < -0.3 is 5.02 Å². The summed E-state index contributed by atoms with van der Waals surface area (Å²) in [5.41, 5.74) is 0. The third kappa shape index (κ3) is 2.78. The molecule has 0 bridgehead atoms. The predicted molar refractivity (Wildman–Crippen MR) is 26.9 cm³/mol. The third-order valence-corrected chi connectivity index (χ3v) is 0.889. The van der Waals surface area contributed by atoms with Gasteiger partial charge >= 0.3 is 7.32 Å². The van der Waals surface area contributed by atoms with Gasteiger partial charge in [-0.15, -0.1) is 0 Å². The van der Waals surface area contributed by atoms with Gasteiger partial charge in [0.2, 0.25) is 0 Å². The molecule has 0 amide bonds. The standard InChI is InChI=1S/C3H7BO5/c5-4(8-6)9-7-3-1-2-3/h3,5-6H,1-2H2. The van der Waals surface area contributed by atoms with Crippen LogP contribution in [0, 0.1) is 0 Å². The van der Waals surface area contributed by atoms with E-state index >= 15 is 0 Å². The van der Waals surface area contributed by atoms with E-state index in [2.05, 4.69) is 14.5 Å². The number of rotatable bonds is 4. The van der Waals surface area contributed by atoms with Gasteiger partial charge in [-0.1, -0.05) is 0 Å². The van der Waals surface area contributed by atoms with E-state index in [9.17, 15) is 0 Å². The van der Waals surface area contributed by atoms with Crippen LogP contribution >= 0.6 is 0 Å². The lowest BCUT2D eigenvalue weighted by Crippen LogP contribution is -2.21. The molecule has 0 aromatic heterocycles. The van der Waals surface area contributed by atoms with Gasteiger partial charge in [-0.05, 0) is 12.8 Å². The molecule has 0 saturated heterocycles. The normalized spacial score (nSPS) is 18.0. The molecule has 5 nitrogen and oxygen atoms in total. The third-order valence-electron chi connectivity index (χ3n) is 0.889. The maximum absolute atomic E-state index is 8.32. The second-order valence-electron chi connectivity index (χ2n) is 1.80. The van der Waals surface area contributed by atoms with Crippen molar-refractivity contribution in [2.45, 2.75) is 18.9 Å². The van der Waals surface area contributed by atoms with Crippen LogP contribution in [-0.2, 0) is 14.5 Å². The largest absolute Gasteiger partial charge is 0.693 e. The zero-order valence-corrected chi connectivity index (χ0v) is 4.69. The van der Waals surface area contributed by atoms with E-state index in [0.29, 0.717) is 0 Å². The van der Waals surface area contributed by atoms with Crippen molar-refractivity contribution in [1.29, 1.82) is 0 Å². The molecule has 6 heteroatoms. The van der Waals surface area contributed by atoms with E-state index in [-0.39, 0.29) is 6.10 Å². The molecule has 2 N–H and O–H groups in total. The second-order valence-corrected chi connectivity index (χ2v) is 1.80. The van der Waals surface area contributed by atoms with Gasteiger partial charge in [0.05, 0.1) is 6.10 Å². The van der Waals surface area contributed by atoms with Crippen LogP contribution in [0.3, 0.4) is 0 Å². The smallest absolute Gasteiger partial charge is 0.399 e. The summed E-state index contributed by atoms with van der Waals surface area (Å²) in [6.45, 7) is 0. The van der Waals surface area contributed by atoms with Crippen LogP contribution < -0.4 is 0 Å². The highest BCUT2D eigenvalue weighted by Crippen LogP contribution is 2.23. The minimum atomic E-state index is -1.69. The summed E-state index contributed by atoms with van der Waals surface area (Å²) < 4.78 is 0. The molecular formula is C3H7BO5. The predicted octanol–water partition coefficient (Wildman–Crippen LogP) is -0.436. The summed E-state index contributed by atoms with van der Waals surface area (Å²) in [5.74, 6) is 0. The fourth-order valence-corrected chi connectivity index (χ4v) is 0.308. The minimum Gasteiger partial charge on any atom is -0.399 e. The molecule has 0 aliphatic heterocycles. The molecule has 0 heterocycles. The first-order valence-corrected chi connectivity index (χ1v) is 2.63. The van der Waals surface area contributed by atoms with Crippen LogP contribution in [0.15, 0.2) is 0 Å². The zero-order chi connectivity index (χ0) is 6.69. The van der Waals surface area contributed by atoms with Gasteiger partial charge in [-0.3, -0.25) is 5.26 Å². The Labute approximate surface area is 52.2 Å². The van der Waals surface area contributed by atoms with Crippen LogP contribution in [0.4, 0.5) is 0 Å². The molecule has 0 radical (unpaired) electrons. The van der Waals surface area contributed by atoms with Crippen LogP contribution in [-0.4, -0.2) is 23.7 Å². The number of hydrogen-bond acceptors (Lipinski definition) is 5. The fourth-order valence-electron chi connectivity index (χ4n) is 0.308. The molecule has 0 spiro atoms. The highest BCUT2D eigenvalue weighted by molar-refractivity contribution is 6.33. The minimum absolute atomic E-state index is 0.0646. The van der Waals surface area contributed by atoms with E-state index in [1.165, 1.54) is 0 Å². The van der Waals surface area contributed by atoms with Gasteiger partial charge in [0, 0.05) is 0 Å². The van der Waals surface area contributed by atoms with Crippen molar-refractivity contribution in [1.82, 2.24) is 0 Å². The van der Waals surface area contributed by atoms with E-state index in [0.717, 1.165) is 12.8 Å². The first-order chi connectivity index (χ1) is 4.33. The first kappa shape index (κ1) is 6.98. The Bertz CT molecular complexity index is 84.3. The van der Waals surface area contributed by atoms with Crippen molar-refractivity contribution in [2.24, 2.45) is 0 Å². The van der Waals surface area contributed by atoms with E-state index in [4.69, 9.17) is 10.3 Å². The van der Waals surface area contributed by atoms with Gasteiger partial charge in [0.15, 0.2) is 0 Å². The molecule has 1 aliphatic carbocycles. The summed E-state index contributed by atoms with van der Waals surface area (Å²) in [6, 6.07) is 0. The average Bonchev–Trinajstić information content (AvgIpc) is 2.65. The van der Waals surface area contributed by atoms with Crippen molar-refractivity contribution in [3.63, 3.8) is 0 Å². The van der Waals surface area contributed by atoms with Crippen molar-refractivity contribution in [3.8, 4) is 0 Å². The molecule has 1 aliphatic rings. The summed E-state index contributed by atoms with van der Waals surface area (Å²) in [4.78, 5) is 11.9. The molecule has 1 rings (SSSR count). The average molecular weight is 134 g/mol. The van der Waals surface area contributed by atoms with Gasteiger partial charge in [0.25, 0.3) is 0 Å².